The van der Waals surface area contributed by atoms with Crippen molar-refractivity contribution < 1.29 is 72.2 Å². The summed E-state index contributed by atoms with van der Waals surface area (Å²) in [6, 6.07) is 32.1. The van der Waals surface area contributed by atoms with E-state index in [1.165, 1.54) is 26.0 Å². The highest BCUT2D eigenvalue weighted by atomic mass is 16.6. The maximum atomic E-state index is 16.2. The number of aliphatic hydroxyl groups excluding tert-OH is 1. The van der Waals surface area contributed by atoms with Gasteiger partial charge in [-0.25, -0.2) is 9.59 Å². The zero-order valence-electron chi connectivity index (χ0n) is 40.9. The van der Waals surface area contributed by atoms with E-state index in [-0.39, 0.29) is 48.1 Å². The van der Waals surface area contributed by atoms with E-state index >= 15 is 4.79 Å². The lowest BCUT2D eigenvalue weighted by atomic mass is 9.44. The number of ether oxygens (including phenoxy) is 6. The predicted octanol–water partition coefficient (Wildman–Crippen LogP) is 5.92. The molecule has 3 aliphatic carbocycles. The number of rotatable bonds is 14. The summed E-state index contributed by atoms with van der Waals surface area (Å²) in [6.07, 6.45) is -10.5. The minimum atomic E-state index is -2.46. The van der Waals surface area contributed by atoms with Crippen molar-refractivity contribution in [2.75, 3.05) is 6.61 Å². The highest BCUT2D eigenvalue weighted by Gasteiger charge is 2.79. The Labute approximate surface area is 417 Å². The third-order valence-corrected chi connectivity index (χ3v) is 15.2. The maximum Gasteiger partial charge on any atom is 0.338 e. The van der Waals surface area contributed by atoms with Crippen molar-refractivity contribution in [1.82, 2.24) is 5.32 Å². The van der Waals surface area contributed by atoms with Gasteiger partial charge in [-0.2, -0.15) is 0 Å². The number of hydrogen-bond donors (Lipinski definition) is 3. The third kappa shape index (κ3) is 9.34. The van der Waals surface area contributed by atoms with Crippen LogP contribution in [0.15, 0.2) is 132 Å². The molecule has 0 unspecified atom stereocenters. The highest BCUT2D eigenvalue weighted by Crippen LogP contribution is 2.65. The second-order valence-electron chi connectivity index (χ2n) is 19.8. The number of hydrogen-bond acceptors (Lipinski definition) is 15. The molecule has 1 heterocycles. The molecule has 1 aliphatic heterocycles. The first-order valence-corrected chi connectivity index (χ1v) is 24.0. The average molecular weight is 986 g/mol. The second kappa shape index (κ2) is 20.2. The van der Waals surface area contributed by atoms with E-state index in [2.05, 4.69) is 5.32 Å². The van der Waals surface area contributed by atoms with Crippen LogP contribution in [0.2, 0.25) is 0 Å². The Morgan fingerprint density at radius 2 is 1.35 bits per heavy atom. The molecule has 16 nitrogen and oxygen atoms in total. The van der Waals surface area contributed by atoms with Gasteiger partial charge in [-0.05, 0) is 66.8 Å². The Hall–Kier alpha value is -7.01. The van der Waals surface area contributed by atoms with Crippen molar-refractivity contribution in [3.63, 3.8) is 0 Å². The zero-order chi connectivity index (χ0) is 51.8. The van der Waals surface area contributed by atoms with Gasteiger partial charge >= 0.3 is 29.8 Å². The van der Waals surface area contributed by atoms with Crippen molar-refractivity contribution >= 4 is 41.5 Å². The van der Waals surface area contributed by atoms with E-state index in [4.69, 9.17) is 28.4 Å². The van der Waals surface area contributed by atoms with Crippen LogP contribution < -0.4 is 5.32 Å². The lowest BCUT2D eigenvalue weighted by molar-refractivity contribution is -0.346. The molecular formula is C56H59NO15. The maximum absolute atomic E-state index is 16.2. The van der Waals surface area contributed by atoms with Crippen LogP contribution in [-0.4, -0.2) is 106 Å². The third-order valence-electron chi connectivity index (χ3n) is 15.2. The smallest absolute Gasteiger partial charge is 0.338 e. The topological polar surface area (TPSA) is 227 Å². The molecule has 4 aromatic carbocycles. The van der Waals surface area contributed by atoms with Gasteiger partial charge in [-0.3, -0.25) is 24.0 Å². The first-order valence-electron chi connectivity index (χ1n) is 24.0. The molecule has 2 saturated carbocycles. The van der Waals surface area contributed by atoms with Crippen LogP contribution in [0.5, 0.6) is 0 Å². The van der Waals surface area contributed by atoms with Crippen LogP contribution in [-0.2, 0) is 58.8 Å². The first-order chi connectivity index (χ1) is 34.2. The van der Waals surface area contributed by atoms with Gasteiger partial charge in [0.15, 0.2) is 23.6 Å². The molecule has 3 fully saturated rings. The minimum absolute atomic E-state index is 0.0242. The number of aryl methyl sites for hydroxylation is 1. The van der Waals surface area contributed by atoms with Gasteiger partial charge in [0.1, 0.15) is 30.0 Å². The van der Waals surface area contributed by atoms with Gasteiger partial charge in [0.2, 0.25) is 0 Å². The summed E-state index contributed by atoms with van der Waals surface area (Å²) in [5.41, 5.74) is -6.51. The number of fused-ring (bicyclic) bond motifs is 5. The summed E-state index contributed by atoms with van der Waals surface area (Å²) in [6.45, 7) is 8.02. The highest BCUT2D eigenvalue weighted by molar-refractivity contribution is 5.96. The van der Waals surface area contributed by atoms with Crippen LogP contribution >= 0.6 is 0 Å². The Morgan fingerprint density at radius 3 is 1.92 bits per heavy atom. The summed E-state index contributed by atoms with van der Waals surface area (Å²) in [5, 5.41) is 28.7. The quantitative estimate of drug-likeness (QED) is 0.0757. The monoisotopic (exact) mass is 985 g/mol. The molecule has 1 amide bonds. The number of nitrogens with one attached hydrogen (secondary N) is 1. The largest absolute Gasteiger partial charge is 0.461 e. The number of ketones is 1. The van der Waals surface area contributed by atoms with Crippen molar-refractivity contribution in [2.24, 2.45) is 16.7 Å². The van der Waals surface area contributed by atoms with Crippen LogP contribution in [0.1, 0.15) is 98.7 Å². The van der Waals surface area contributed by atoms with E-state index in [9.17, 15) is 39.0 Å². The fraction of sp³-hybridized carbons (Fsp3) is 0.411. The molecule has 4 aliphatic rings. The predicted molar refractivity (Wildman–Crippen MR) is 256 cm³/mol. The Morgan fingerprint density at radius 1 is 0.764 bits per heavy atom. The molecule has 3 N–H and O–H groups in total. The molecule has 2 bridgehead atoms. The molecule has 1 saturated heterocycles. The van der Waals surface area contributed by atoms with Gasteiger partial charge in [-0.1, -0.05) is 111 Å². The van der Waals surface area contributed by atoms with Gasteiger partial charge in [0.25, 0.3) is 5.91 Å². The summed E-state index contributed by atoms with van der Waals surface area (Å²) < 4.78 is 37.5. The van der Waals surface area contributed by atoms with Crippen molar-refractivity contribution in [1.29, 1.82) is 0 Å². The lowest BCUT2D eigenvalue weighted by Gasteiger charge is -2.67. The number of carbonyl (C=O) groups excluding carboxylic acids is 7. The Kier molecular flexibility index (Phi) is 14.4. The van der Waals surface area contributed by atoms with Crippen molar-refractivity contribution in [3.05, 3.63) is 155 Å². The second-order valence-corrected chi connectivity index (χ2v) is 19.8. The number of Topliss-reactive ketones (excluding diaryl/α,β-unsaturated/α-hetero) is 1. The molecule has 72 heavy (non-hydrogen) atoms. The van der Waals surface area contributed by atoms with Gasteiger partial charge in [0, 0.05) is 44.1 Å². The SMILES string of the molecule is CC(=O)O[C@H]1C(=O)[C@]2(C)[C@@H](OC(=O)CCc3ccccc3)C[C@H]3OC[C@@]3(OC(C)=O)[C@H]2[C@H](OC(=O)c2ccccc2)[C@]2(O)C[C@H](OC(=O)[C@H](O)[C@@H](NC(=O)c3ccccc3)c3ccccc3)C(C)=C1C2(C)C. The standard InChI is InChI=1S/C56H59NO15/c1-32-39(69-52(65)45(61)44(36-21-13-8-14-22-36)57-50(63)37-23-15-9-16-24-37)30-56(66)49(71-51(64)38-25-17-10-18-26-38)47-54(6,48(62)46(68-33(2)58)43(32)53(56,4)5)40(29-41-55(47,31-67-41)72-34(3)59)70-42(60)28-27-35-19-11-7-12-20-35/h7-26,39-41,44-47,49,61,66H,27-31H2,1-6H3,(H,57,63)/t39-,40-,41+,44-,45+,46+,47-,49-,54+,55-,56+/m0/s1. The molecule has 378 valence electrons. The van der Waals surface area contributed by atoms with Gasteiger partial charge < -0.3 is 44.0 Å². The van der Waals surface area contributed by atoms with Crippen LogP contribution in [0.3, 0.4) is 0 Å². The molecule has 8 rings (SSSR count). The van der Waals surface area contributed by atoms with Crippen molar-refractivity contribution in [2.45, 2.75) is 121 Å². The number of esters is 5. The normalized spacial score (nSPS) is 28.9. The average Bonchev–Trinajstić information content (AvgIpc) is 3.36. The molecular weight excluding hydrogens is 927 g/mol. The summed E-state index contributed by atoms with van der Waals surface area (Å²) >= 11 is 0. The molecule has 16 heteroatoms. The summed E-state index contributed by atoms with van der Waals surface area (Å²) in [5.74, 6) is -7.70. The number of aliphatic hydroxyl groups is 2. The van der Waals surface area contributed by atoms with Crippen LogP contribution in [0, 0.1) is 16.7 Å². The zero-order valence-corrected chi connectivity index (χ0v) is 40.9. The number of amides is 1. The van der Waals surface area contributed by atoms with E-state index in [1.54, 1.807) is 92.7 Å². The van der Waals surface area contributed by atoms with Crippen molar-refractivity contribution in [3.8, 4) is 0 Å². The molecule has 0 spiro atoms. The van der Waals surface area contributed by atoms with E-state index in [0.717, 1.165) is 19.4 Å². The molecule has 11 atom stereocenters. The lowest BCUT2D eigenvalue weighted by Crippen LogP contribution is -2.82. The molecule has 0 radical (unpaired) electrons. The molecule has 0 aromatic heterocycles. The Balaban J connectivity index is 1.28. The van der Waals surface area contributed by atoms with E-state index in [1.807, 2.05) is 30.3 Å². The Bertz CT molecular complexity index is 2750. The van der Waals surface area contributed by atoms with Crippen LogP contribution in [0.25, 0.3) is 0 Å². The summed E-state index contributed by atoms with van der Waals surface area (Å²) in [7, 11) is 0. The summed E-state index contributed by atoms with van der Waals surface area (Å²) in [4.78, 5) is 99.7. The van der Waals surface area contributed by atoms with Gasteiger partial charge in [0.05, 0.1) is 29.5 Å². The number of carbonyl (C=O) groups is 7. The van der Waals surface area contributed by atoms with Gasteiger partial charge in [-0.15, -0.1) is 0 Å². The van der Waals surface area contributed by atoms with E-state index < -0.39 is 119 Å². The number of benzene rings is 4. The molecule has 4 aromatic rings. The van der Waals surface area contributed by atoms with E-state index in [0.29, 0.717) is 5.56 Å². The fourth-order valence-electron chi connectivity index (χ4n) is 11.4. The van der Waals surface area contributed by atoms with Crippen LogP contribution in [0.4, 0.5) is 0 Å². The first kappa shape index (κ1) is 51.3. The minimum Gasteiger partial charge on any atom is -0.461 e. The fourth-order valence-corrected chi connectivity index (χ4v) is 11.4.